The Labute approximate surface area is 178 Å². The monoisotopic (exact) mass is 427 g/mol. The molecule has 1 atom stereocenters. The first-order valence-electron chi connectivity index (χ1n) is 9.98. The second kappa shape index (κ2) is 7.47. The minimum atomic E-state index is -2.86. The van der Waals surface area contributed by atoms with Gasteiger partial charge in [0.1, 0.15) is 0 Å². The predicted molar refractivity (Wildman–Crippen MR) is 123 cm³/mol. The quantitative estimate of drug-likeness (QED) is 0.501. The minimum absolute atomic E-state index is 0.225. The SMILES string of the molecule is Cc1ccc2nc(N3CCS(O)(O)c4ccccc4C3)nc(C(N)C(C)(C)N)c2c1. The topological polar surface area (TPSA) is 122 Å². The number of nitrogens with two attached hydrogens (primary N) is 2. The molecule has 30 heavy (non-hydrogen) atoms. The summed E-state index contributed by atoms with van der Waals surface area (Å²) in [6.07, 6.45) is 0. The van der Waals surface area contributed by atoms with Gasteiger partial charge in [-0.15, -0.1) is 0 Å². The highest BCUT2D eigenvalue weighted by atomic mass is 32.3. The van der Waals surface area contributed by atoms with Crippen molar-refractivity contribution in [1.82, 2.24) is 9.97 Å². The molecule has 1 aliphatic rings. The van der Waals surface area contributed by atoms with E-state index in [9.17, 15) is 9.11 Å². The van der Waals surface area contributed by atoms with Crippen molar-refractivity contribution in [3.63, 3.8) is 0 Å². The molecule has 4 rings (SSSR count). The van der Waals surface area contributed by atoms with Crippen LogP contribution in [0, 0.1) is 6.92 Å². The van der Waals surface area contributed by atoms with Gasteiger partial charge in [-0.2, -0.15) is 10.6 Å². The first kappa shape index (κ1) is 21.0. The van der Waals surface area contributed by atoms with Crippen molar-refractivity contribution in [3.8, 4) is 0 Å². The van der Waals surface area contributed by atoms with Crippen LogP contribution in [0.25, 0.3) is 10.9 Å². The lowest BCUT2D eigenvalue weighted by Crippen LogP contribution is -2.44. The number of anilines is 1. The first-order chi connectivity index (χ1) is 14.1. The number of rotatable bonds is 3. The number of nitrogens with zero attached hydrogens (tertiary/aromatic N) is 3. The Hall–Kier alpha value is -2.23. The van der Waals surface area contributed by atoms with E-state index >= 15 is 0 Å². The molecule has 0 radical (unpaired) electrons. The summed E-state index contributed by atoms with van der Waals surface area (Å²) in [5, 5.41) is 0.893. The Morgan fingerprint density at radius 3 is 2.60 bits per heavy atom. The van der Waals surface area contributed by atoms with Crippen LogP contribution < -0.4 is 16.4 Å². The lowest BCUT2D eigenvalue weighted by atomic mass is 9.91. The van der Waals surface area contributed by atoms with Crippen LogP contribution in [0.15, 0.2) is 47.4 Å². The normalized spacial score (nSPS) is 18.6. The van der Waals surface area contributed by atoms with E-state index in [0.29, 0.717) is 29.6 Å². The summed E-state index contributed by atoms with van der Waals surface area (Å²) in [5.41, 5.74) is 15.7. The largest absolute Gasteiger partial charge is 0.335 e. The van der Waals surface area contributed by atoms with E-state index in [1.165, 1.54) is 0 Å². The van der Waals surface area contributed by atoms with Crippen LogP contribution in [0.4, 0.5) is 5.95 Å². The van der Waals surface area contributed by atoms with Crippen molar-refractivity contribution in [3.05, 3.63) is 59.3 Å². The molecule has 0 saturated carbocycles. The number of hydrogen-bond acceptors (Lipinski definition) is 7. The average molecular weight is 428 g/mol. The van der Waals surface area contributed by atoms with Crippen LogP contribution in [0.5, 0.6) is 0 Å². The van der Waals surface area contributed by atoms with Crippen LogP contribution >= 0.6 is 10.6 Å². The van der Waals surface area contributed by atoms with Crippen LogP contribution in [0.2, 0.25) is 0 Å². The summed E-state index contributed by atoms with van der Waals surface area (Å²) in [5.74, 6) is 0.747. The zero-order valence-corrected chi connectivity index (χ0v) is 18.4. The Kier molecular flexibility index (Phi) is 5.24. The Balaban J connectivity index is 1.85. The van der Waals surface area contributed by atoms with Gasteiger partial charge in [0.15, 0.2) is 0 Å². The summed E-state index contributed by atoms with van der Waals surface area (Å²) in [6, 6.07) is 13.0. The molecule has 0 aliphatic carbocycles. The summed E-state index contributed by atoms with van der Waals surface area (Å²) < 4.78 is 21.3. The van der Waals surface area contributed by atoms with Gasteiger partial charge in [0, 0.05) is 24.0 Å². The van der Waals surface area contributed by atoms with E-state index in [2.05, 4.69) is 0 Å². The molecule has 8 heteroatoms. The van der Waals surface area contributed by atoms with Gasteiger partial charge in [-0.05, 0) is 44.5 Å². The molecule has 1 aliphatic heterocycles. The van der Waals surface area contributed by atoms with Gasteiger partial charge < -0.3 is 16.4 Å². The Morgan fingerprint density at radius 1 is 1.13 bits per heavy atom. The van der Waals surface area contributed by atoms with E-state index < -0.39 is 22.2 Å². The molecule has 6 N–H and O–H groups in total. The van der Waals surface area contributed by atoms with E-state index in [1.54, 1.807) is 6.07 Å². The summed E-state index contributed by atoms with van der Waals surface area (Å²) in [7, 11) is -2.86. The van der Waals surface area contributed by atoms with Gasteiger partial charge >= 0.3 is 0 Å². The highest BCUT2D eigenvalue weighted by Crippen LogP contribution is 2.51. The molecule has 160 valence electrons. The molecular weight excluding hydrogens is 398 g/mol. The van der Waals surface area contributed by atoms with Crippen LogP contribution in [0.1, 0.15) is 36.7 Å². The van der Waals surface area contributed by atoms with Gasteiger partial charge in [0.2, 0.25) is 5.95 Å². The number of fused-ring (bicyclic) bond motifs is 2. The fourth-order valence-electron chi connectivity index (χ4n) is 3.74. The van der Waals surface area contributed by atoms with E-state index in [4.69, 9.17) is 21.4 Å². The van der Waals surface area contributed by atoms with Crippen molar-refractivity contribution in [1.29, 1.82) is 0 Å². The van der Waals surface area contributed by atoms with Gasteiger partial charge in [-0.25, -0.2) is 9.97 Å². The predicted octanol–water partition coefficient (Wildman–Crippen LogP) is 3.81. The number of benzene rings is 2. The van der Waals surface area contributed by atoms with E-state index in [0.717, 1.165) is 22.0 Å². The molecule has 3 aromatic rings. The van der Waals surface area contributed by atoms with Gasteiger partial charge in [-0.1, -0.05) is 29.8 Å². The summed E-state index contributed by atoms with van der Waals surface area (Å²) in [4.78, 5) is 12.2. The van der Waals surface area contributed by atoms with Crippen LogP contribution in [-0.4, -0.2) is 36.9 Å². The molecule has 0 fully saturated rings. The zero-order chi connectivity index (χ0) is 21.7. The molecule has 0 spiro atoms. The maximum Gasteiger partial charge on any atom is 0.226 e. The van der Waals surface area contributed by atoms with Crippen LogP contribution in [0.3, 0.4) is 0 Å². The minimum Gasteiger partial charge on any atom is -0.335 e. The standard InChI is InChI=1S/C22H29N5O2S/c1-14-8-9-17-16(12-14)19(20(23)22(2,3)24)26-21(25-17)27-10-11-30(28,29)18-7-5-4-6-15(18)13-27/h4-9,12,20,28-29H,10-11,13,23-24H2,1-3H3. The van der Waals surface area contributed by atoms with Crippen molar-refractivity contribution in [2.75, 3.05) is 17.2 Å². The maximum atomic E-state index is 10.7. The second-order valence-corrected chi connectivity index (χ2v) is 10.8. The van der Waals surface area contributed by atoms with Gasteiger partial charge in [0.25, 0.3) is 0 Å². The summed E-state index contributed by atoms with van der Waals surface area (Å²) in [6.45, 7) is 6.71. The lowest BCUT2D eigenvalue weighted by Gasteiger charge is -2.32. The molecule has 7 nitrogen and oxygen atoms in total. The van der Waals surface area contributed by atoms with Crippen LogP contribution in [-0.2, 0) is 6.54 Å². The second-order valence-electron chi connectivity index (χ2n) is 8.63. The Morgan fingerprint density at radius 2 is 1.87 bits per heavy atom. The highest BCUT2D eigenvalue weighted by molar-refractivity contribution is 8.24. The third kappa shape index (κ3) is 3.89. The molecule has 1 aromatic heterocycles. The molecule has 1 unspecified atom stereocenters. The van der Waals surface area contributed by atoms with Crippen molar-refractivity contribution in [2.24, 2.45) is 11.5 Å². The van der Waals surface area contributed by atoms with E-state index in [1.807, 2.05) is 62.1 Å². The van der Waals surface area contributed by atoms with Crippen molar-refractivity contribution >= 4 is 27.4 Å². The lowest BCUT2D eigenvalue weighted by molar-refractivity contribution is 0.415. The highest BCUT2D eigenvalue weighted by Gasteiger charge is 2.30. The smallest absolute Gasteiger partial charge is 0.226 e. The third-order valence-electron chi connectivity index (χ3n) is 5.58. The van der Waals surface area contributed by atoms with E-state index in [-0.39, 0.29) is 5.75 Å². The Bertz CT molecular complexity index is 1100. The number of hydrogen-bond donors (Lipinski definition) is 4. The molecular formula is C22H29N5O2S. The fourth-order valence-corrected chi connectivity index (χ4v) is 5.28. The average Bonchev–Trinajstić information content (AvgIpc) is 2.82. The zero-order valence-electron chi connectivity index (χ0n) is 17.5. The fraction of sp³-hybridized carbons (Fsp3) is 0.364. The number of aromatic nitrogens is 2. The summed E-state index contributed by atoms with van der Waals surface area (Å²) >= 11 is 0. The first-order valence-corrected chi connectivity index (χ1v) is 11.7. The molecule has 0 amide bonds. The molecule has 0 bridgehead atoms. The molecule has 2 aromatic carbocycles. The van der Waals surface area contributed by atoms with Gasteiger partial charge in [0.05, 0.1) is 27.9 Å². The van der Waals surface area contributed by atoms with Gasteiger partial charge in [-0.3, -0.25) is 9.11 Å². The van der Waals surface area contributed by atoms with Crippen molar-refractivity contribution < 1.29 is 9.11 Å². The third-order valence-corrected chi connectivity index (χ3v) is 7.43. The number of aryl methyl sites for hydroxylation is 1. The maximum absolute atomic E-state index is 10.7. The molecule has 0 saturated heterocycles. The molecule has 2 heterocycles. The van der Waals surface area contributed by atoms with Crippen molar-refractivity contribution in [2.45, 2.75) is 43.8 Å².